The molecule has 4 rings (SSSR count). The topological polar surface area (TPSA) is 85.5 Å². The monoisotopic (exact) mass is 386 g/mol. The summed E-state index contributed by atoms with van der Waals surface area (Å²) in [6.07, 6.45) is 1.32. The zero-order valence-electron chi connectivity index (χ0n) is 15.9. The Morgan fingerprint density at radius 3 is 2.46 bits per heavy atom. The van der Waals surface area contributed by atoms with E-state index in [1.54, 1.807) is 4.90 Å². The number of amides is 3. The van der Waals surface area contributed by atoms with E-state index in [0.717, 1.165) is 29.0 Å². The summed E-state index contributed by atoms with van der Waals surface area (Å²) >= 11 is 0. The molecule has 3 aliphatic rings. The maximum absolute atomic E-state index is 12.5. The Balaban J connectivity index is 1.56. The van der Waals surface area contributed by atoms with Gasteiger partial charge in [0, 0.05) is 37.0 Å². The molecule has 0 spiro atoms. The zero-order valence-corrected chi connectivity index (χ0v) is 15.9. The van der Waals surface area contributed by atoms with Crippen LogP contribution >= 0.6 is 0 Å². The Hall–Kier alpha value is -2.97. The lowest BCUT2D eigenvalue weighted by Crippen LogP contribution is -2.53. The van der Waals surface area contributed by atoms with Gasteiger partial charge in [-0.15, -0.1) is 0 Å². The van der Waals surface area contributed by atoms with Crippen LogP contribution in [-0.4, -0.2) is 77.8 Å². The third-order valence-corrected chi connectivity index (χ3v) is 5.28. The predicted molar refractivity (Wildman–Crippen MR) is 98.8 cm³/mol. The molecule has 0 radical (unpaired) electrons. The standard InChI is InChI=1S/C19H24N5O4/c1-2-28-15-7-5-14(6-8-15)22-11-12-23-17(26)18(27)24(20-19(22)23)13-16(25)21-9-3-4-10-21/h5-8,19H,2-4,9-13H2,1H3/q+1. The number of rotatable bonds is 5. The summed E-state index contributed by atoms with van der Waals surface area (Å²) in [5, 5.41) is 4.44. The van der Waals surface area contributed by atoms with E-state index in [2.05, 4.69) is 5.11 Å². The molecule has 1 unspecified atom stereocenters. The minimum Gasteiger partial charge on any atom is -0.494 e. The number of anilines is 1. The molecule has 9 heteroatoms. The van der Waals surface area contributed by atoms with Gasteiger partial charge in [-0.1, -0.05) is 0 Å². The number of carbonyl (C=O) groups is 3. The molecule has 2 fully saturated rings. The van der Waals surface area contributed by atoms with Gasteiger partial charge in [-0.3, -0.25) is 14.5 Å². The number of azo groups is 2. The van der Waals surface area contributed by atoms with Gasteiger partial charge in [0.25, 0.3) is 18.7 Å². The highest BCUT2D eigenvalue weighted by atomic mass is 16.5. The van der Waals surface area contributed by atoms with Crippen LogP contribution in [0.3, 0.4) is 0 Å². The number of fused-ring (bicyclic) bond motifs is 1. The highest BCUT2D eigenvalue weighted by Gasteiger charge is 2.50. The molecule has 28 heavy (non-hydrogen) atoms. The van der Waals surface area contributed by atoms with Gasteiger partial charge in [0.1, 0.15) is 5.75 Å². The fraction of sp³-hybridized carbons (Fsp3) is 0.526. The average Bonchev–Trinajstić information content (AvgIpc) is 3.37. The molecule has 3 amide bonds. The highest BCUT2D eigenvalue weighted by molar-refractivity contribution is 6.31. The molecular weight excluding hydrogens is 362 g/mol. The normalized spacial score (nSPS) is 21.8. The van der Waals surface area contributed by atoms with Crippen molar-refractivity contribution in [3.63, 3.8) is 0 Å². The molecule has 9 nitrogen and oxygen atoms in total. The highest BCUT2D eigenvalue weighted by Crippen LogP contribution is 2.28. The van der Waals surface area contributed by atoms with Crippen molar-refractivity contribution in [1.82, 2.24) is 9.80 Å². The Morgan fingerprint density at radius 1 is 1.11 bits per heavy atom. The van der Waals surface area contributed by atoms with Gasteiger partial charge in [0.2, 0.25) is 0 Å². The molecule has 1 aromatic carbocycles. The molecule has 148 valence electrons. The summed E-state index contributed by atoms with van der Waals surface area (Å²) in [6.45, 7) is 4.70. The predicted octanol–water partition coefficient (Wildman–Crippen LogP) is 0.645. The number of ether oxygens (including phenoxy) is 1. The van der Waals surface area contributed by atoms with Crippen molar-refractivity contribution in [3.05, 3.63) is 24.3 Å². The summed E-state index contributed by atoms with van der Waals surface area (Å²) < 4.78 is 6.51. The minimum atomic E-state index is -0.739. The second kappa shape index (κ2) is 7.57. The zero-order chi connectivity index (χ0) is 19.7. The van der Waals surface area contributed by atoms with Crippen LogP contribution in [0.25, 0.3) is 0 Å². The first kappa shape index (κ1) is 18.4. The van der Waals surface area contributed by atoms with Crippen molar-refractivity contribution in [2.45, 2.75) is 26.1 Å². The molecule has 0 aromatic heterocycles. The quantitative estimate of drug-likeness (QED) is 0.548. The lowest BCUT2D eigenvalue weighted by atomic mass is 10.3. The minimum absolute atomic E-state index is 0.165. The number of hydrogen-bond acceptors (Lipinski definition) is 6. The number of carbonyl (C=O) groups excluding carboxylic acids is 3. The van der Waals surface area contributed by atoms with Crippen LogP contribution in [0, 0.1) is 0 Å². The summed E-state index contributed by atoms with van der Waals surface area (Å²) in [6, 6.07) is 7.55. The third kappa shape index (κ3) is 3.32. The average molecular weight is 386 g/mol. The Kier molecular flexibility index (Phi) is 4.97. The molecule has 1 atom stereocenters. The number of nitrogens with zero attached hydrogens (tertiary/aromatic N) is 5. The Labute approximate surface area is 163 Å². The number of hydrogen-bond donors (Lipinski definition) is 0. The maximum atomic E-state index is 12.5. The summed E-state index contributed by atoms with van der Waals surface area (Å²) in [5.74, 6) is -0.742. The van der Waals surface area contributed by atoms with Crippen LogP contribution in [0.4, 0.5) is 5.69 Å². The van der Waals surface area contributed by atoms with Crippen molar-refractivity contribution in [2.75, 3.05) is 44.2 Å². The van der Waals surface area contributed by atoms with E-state index < -0.39 is 18.1 Å². The Morgan fingerprint density at radius 2 is 1.79 bits per heavy atom. The van der Waals surface area contributed by atoms with Gasteiger partial charge in [0.05, 0.1) is 6.61 Å². The molecule has 0 N–H and O–H groups in total. The van der Waals surface area contributed by atoms with Crippen LogP contribution in [0.1, 0.15) is 19.8 Å². The van der Waals surface area contributed by atoms with E-state index in [4.69, 9.17) is 4.74 Å². The Bertz CT molecular complexity index is 816. The van der Waals surface area contributed by atoms with Crippen molar-refractivity contribution in [1.29, 1.82) is 0 Å². The molecule has 3 aliphatic heterocycles. The molecule has 2 saturated heterocycles. The van der Waals surface area contributed by atoms with Crippen LogP contribution in [0.5, 0.6) is 5.75 Å². The fourth-order valence-electron chi connectivity index (χ4n) is 3.83. The van der Waals surface area contributed by atoms with Crippen molar-refractivity contribution in [3.8, 4) is 5.75 Å². The third-order valence-electron chi connectivity index (χ3n) is 5.28. The van der Waals surface area contributed by atoms with Gasteiger partial charge < -0.3 is 14.5 Å². The second-order valence-corrected chi connectivity index (χ2v) is 7.03. The van der Waals surface area contributed by atoms with Crippen LogP contribution in [0.2, 0.25) is 0 Å². The fourth-order valence-corrected chi connectivity index (χ4v) is 3.83. The van der Waals surface area contributed by atoms with Gasteiger partial charge in [-0.2, -0.15) is 0 Å². The number of likely N-dealkylation sites (tertiary alicyclic amines) is 1. The first-order valence-corrected chi connectivity index (χ1v) is 9.69. The van der Waals surface area contributed by atoms with Crippen LogP contribution in [-0.2, 0) is 14.4 Å². The van der Waals surface area contributed by atoms with E-state index in [1.165, 1.54) is 4.90 Å². The van der Waals surface area contributed by atoms with Gasteiger partial charge >= 0.3 is 11.8 Å². The first-order chi connectivity index (χ1) is 13.6. The number of benzene rings is 1. The second-order valence-electron chi connectivity index (χ2n) is 7.03. The smallest absolute Gasteiger partial charge is 0.494 e. The lowest BCUT2D eigenvalue weighted by molar-refractivity contribution is -0.510. The SMILES string of the molecule is CCOc1ccc(N2CCN3C(=O)C(=O)[N+](CC(=O)N4CCCC4)=NC32)cc1. The van der Waals surface area contributed by atoms with Gasteiger partial charge in [-0.05, 0) is 48.7 Å². The first-order valence-electron chi connectivity index (χ1n) is 9.69. The van der Waals surface area contributed by atoms with Gasteiger partial charge in [0.15, 0.2) is 0 Å². The van der Waals surface area contributed by atoms with E-state index >= 15 is 0 Å². The van der Waals surface area contributed by atoms with Gasteiger partial charge in [-0.25, -0.2) is 4.79 Å². The molecular formula is C19H24N5O4+. The molecule has 0 aliphatic carbocycles. The van der Waals surface area contributed by atoms with Crippen molar-refractivity contribution >= 4 is 23.4 Å². The molecule has 1 aromatic rings. The summed E-state index contributed by atoms with van der Waals surface area (Å²) in [7, 11) is 0. The molecule has 0 bridgehead atoms. The van der Waals surface area contributed by atoms with E-state index in [9.17, 15) is 14.4 Å². The molecule has 0 saturated carbocycles. The summed E-state index contributed by atoms with van der Waals surface area (Å²) in [4.78, 5) is 42.5. The van der Waals surface area contributed by atoms with E-state index in [1.807, 2.05) is 36.1 Å². The van der Waals surface area contributed by atoms with Crippen molar-refractivity contribution < 1.29 is 23.8 Å². The lowest BCUT2D eigenvalue weighted by Gasteiger charge is -2.27. The van der Waals surface area contributed by atoms with E-state index in [-0.39, 0.29) is 12.5 Å². The molecule has 3 heterocycles. The van der Waals surface area contributed by atoms with Crippen LogP contribution in [0.15, 0.2) is 29.4 Å². The van der Waals surface area contributed by atoms with Crippen LogP contribution < -0.4 is 9.64 Å². The largest absolute Gasteiger partial charge is 0.502 e. The van der Waals surface area contributed by atoms with Crippen molar-refractivity contribution in [2.24, 2.45) is 5.11 Å². The maximum Gasteiger partial charge on any atom is 0.502 e. The van der Waals surface area contributed by atoms with E-state index in [0.29, 0.717) is 32.8 Å². The summed E-state index contributed by atoms with van der Waals surface area (Å²) in [5.41, 5.74) is 0.882.